The zero-order valence-electron chi connectivity index (χ0n) is 13.0. The van der Waals surface area contributed by atoms with Crippen molar-refractivity contribution >= 4 is 11.8 Å². The Labute approximate surface area is 126 Å². The highest BCUT2D eigenvalue weighted by Crippen LogP contribution is 2.26. The first-order valence-corrected chi connectivity index (χ1v) is 7.75. The minimum atomic E-state index is -0.550. The zero-order valence-corrected chi connectivity index (χ0v) is 13.0. The van der Waals surface area contributed by atoms with E-state index in [-0.39, 0.29) is 23.8 Å². The van der Waals surface area contributed by atoms with Gasteiger partial charge in [-0.1, -0.05) is 57.5 Å². The molecule has 1 aromatic rings. The fourth-order valence-corrected chi connectivity index (χ4v) is 2.88. The minimum absolute atomic E-state index is 0.00736. The van der Waals surface area contributed by atoms with Crippen LogP contribution in [0.2, 0.25) is 0 Å². The number of carbonyl (C=O) groups is 2. The smallest absolute Gasteiger partial charge is 0.250 e. The number of benzene rings is 1. The molecule has 0 aromatic heterocycles. The van der Waals surface area contributed by atoms with E-state index in [1.807, 2.05) is 44.2 Å². The highest BCUT2D eigenvalue weighted by Gasteiger charge is 2.42. The van der Waals surface area contributed by atoms with Crippen LogP contribution in [-0.4, -0.2) is 29.3 Å². The van der Waals surface area contributed by atoms with Gasteiger partial charge in [0.15, 0.2) is 0 Å². The molecule has 114 valence electrons. The second-order valence-corrected chi connectivity index (χ2v) is 5.71. The maximum atomic E-state index is 12.8. The summed E-state index contributed by atoms with van der Waals surface area (Å²) in [6.07, 6.45) is 1.73. The molecule has 2 amide bonds. The fourth-order valence-electron chi connectivity index (χ4n) is 2.88. The van der Waals surface area contributed by atoms with Gasteiger partial charge in [-0.2, -0.15) is 0 Å². The number of nitrogens with one attached hydrogen (secondary N) is 1. The molecule has 1 fully saturated rings. The van der Waals surface area contributed by atoms with Crippen molar-refractivity contribution in [3.05, 3.63) is 35.9 Å². The van der Waals surface area contributed by atoms with Gasteiger partial charge >= 0.3 is 0 Å². The quantitative estimate of drug-likeness (QED) is 0.905. The molecule has 1 aliphatic heterocycles. The van der Waals surface area contributed by atoms with Gasteiger partial charge in [-0.25, -0.2) is 0 Å². The third kappa shape index (κ3) is 3.09. The lowest BCUT2D eigenvalue weighted by atomic mass is 9.91. The molecule has 1 N–H and O–H groups in total. The molecule has 0 bridgehead atoms. The Morgan fingerprint density at radius 2 is 1.86 bits per heavy atom. The van der Waals surface area contributed by atoms with E-state index in [0.717, 1.165) is 18.4 Å². The van der Waals surface area contributed by atoms with Crippen molar-refractivity contribution in [3.8, 4) is 0 Å². The number of carbonyl (C=O) groups excluding carboxylic acids is 2. The molecule has 1 saturated heterocycles. The maximum Gasteiger partial charge on any atom is 0.250 e. The summed E-state index contributed by atoms with van der Waals surface area (Å²) < 4.78 is 0. The Kier molecular flexibility index (Phi) is 4.99. The van der Waals surface area contributed by atoms with Gasteiger partial charge in [0, 0.05) is 6.54 Å². The molecule has 1 aromatic carbocycles. The third-order valence-electron chi connectivity index (χ3n) is 4.20. The molecule has 0 saturated carbocycles. The molecule has 0 aliphatic carbocycles. The SMILES string of the molecule is CCCN1C(=O)C(c2ccccc2)NC(=O)C1C(C)CC. The van der Waals surface area contributed by atoms with Crippen molar-refractivity contribution in [2.45, 2.75) is 45.7 Å². The van der Waals surface area contributed by atoms with Crippen molar-refractivity contribution in [1.82, 2.24) is 10.2 Å². The first-order valence-electron chi connectivity index (χ1n) is 7.75. The van der Waals surface area contributed by atoms with Crippen LogP contribution in [0.3, 0.4) is 0 Å². The van der Waals surface area contributed by atoms with Crippen LogP contribution in [0.15, 0.2) is 30.3 Å². The van der Waals surface area contributed by atoms with E-state index < -0.39 is 6.04 Å². The van der Waals surface area contributed by atoms with Gasteiger partial charge in [0.1, 0.15) is 12.1 Å². The van der Waals surface area contributed by atoms with Crippen LogP contribution in [-0.2, 0) is 9.59 Å². The summed E-state index contributed by atoms with van der Waals surface area (Å²) >= 11 is 0. The Bertz CT molecular complexity index is 501. The van der Waals surface area contributed by atoms with Gasteiger partial charge in [0.2, 0.25) is 11.8 Å². The molecular formula is C17H24N2O2. The van der Waals surface area contributed by atoms with Crippen molar-refractivity contribution < 1.29 is 9.59 Å². The Morgan fingerprint density at radius 3 is 2.43 bits per heavy atom. The van der Waals surface area contributed by atoms with Crippen LogP contribution in [0.5, 0.6) is 0 Å². The summed E-state index contributed by atoms with van der Waals surface area (Å²) in [5.41, 5.74) is 0.847. The zero-order chi connectivity index (χ0) is 15.4. The minimum Gasteiger partial charge on any atom is -0.339 e. The van der Waals surface area contributed by atoms with E-state index in [1.165, 1.54) is 0 Å². The maximum absolute atomic E-state index is 12.8. The van der Waals surface area contributed by atoms with E-state index in [0.29, 0.717) is 6.54 Å². The highest BCUT2D eigenvalue weighted by molar-refractivity contribution is 5.97. The molecule has 21 heavy (non-hydrogen) atoms. The lowest BCUT2D eigenvalue weighted by Crippen LogP contribution is -2.61. The average Bonchev–Trinajstić information content (AvgIpc) is 2.51. The first kappa shape index (κ1) is 15.5. The van der Waals surface area contributed by atoms with Crippen molar-refractivity contribution in [1.29, 1.82) is 0 Å². The fraction of sp³-hybridized carbons (Fsp3) is 0.529. The van der Waals surface area contributed by atoms with Gasteiger partial charge in [0.25, 0.3) is 0 Å². The van der Waals surface area contributed by atoms with Crippen molar-refractivity contribution in [2.75, 3.05) is 6.54 Å². The van der Waals surface area contributed by atoms with Crippen molar-refractivity contribution in [3.63, 3.8) is 0 Å². The summed E-state index contributed by atoms with van der Waals surface area (Å²) in [5, 5.41) is 2.91. The van der Waals surface area contributed by atoms with Crippen LogP contribution in [0.4, 0.5) is 0 Å². The number of amides is 2. The van der Waals surface area contributed by atoms with Crippen LogP contribution in [0.25, 0.3) is 0 Å². The van der Waals surface area contributed by atoms with Crippen LogP contribution in [0, 0.1) is 5.92 Å². The average molecular weight is 288 g/mol. The van der Waals surface area contributed by atoms with Gasteiger partial charge in [-0.15, -0.1) is 0 Å². The van der Waals surface area contributed by atoms with Crippen molar-refractivity contribution in [2.24, 2.45) is 5.92 Å². The molecule has 2 rings (SSSR count). The monoisotopic (exact) mass is 288 g/mol. The summed E-state index contributed by atoms with van der Waals surface area (Å²) in [6.45, 7) is 6.74. The molecule has 1 aliphatic rings. The Balaban J connectivity index is 2.31. The molecule has 0 spiro atoms. The highest BCUT2D eigenvalue weighted by atomic mass is 16.2. The molecule has 4 heteroatoms. The number of rotatable bonds is 5. The van der Waals surface area contributed by atoms with E-state index >= 15 is 0 Å². The number of hydrogen-bond donors (Lipinski definition) is 1. The summed E-state index contributed by atoms with van der Waals surface area (Å²) in [7, 11) is 0. The largest absolute Gasteiger partial charge is 0.339 e. The Morgan fingerprint density at radius 1 is 1.19 bits per heavy atom. The predicted molar refractivity (Wildman–Crippen MR) is 82.6 cm³/mol. The van der Waals surface area contributed by atoms with Gasteiger partial charge in [0.05, 0.1) is 0 Å². The van der Waals surface area contributed by atoms with E-state index in [2.05, 4.69) is 12.2 Å². The standard InChI is InChI=1S/C17H24N2O2/c1-4-11-19-15(12(3)5-2)16(20)18-14(17(19)21)13-9-7-6-8-10-13/h6-10,12,14-15H,4-5,11H2,1-3H3,(H,18,20). The van der Waals surface area contributed by atoms with E-state index in [1.54, 1.807) is 4.90 Å². The van der Waals surface area contributed by atoms with E-state index in [9.17, 15) is 9.59 Å². The lowest BCUT2D eigenvalue weighted by molar-refractivity contribution is -0.151. The van der Waals surface area contributed by atoms with Crippen LogP contribution in [0.1, 0.15) is 45.2 Å². The molecule has 0 radical (unpaired) electrons. The molecule has 3 atom stereocenters. The molecule has 3 unspecified atom stereocenters. The summed E-state index contributed by atoms with van der Waals surface area (Å²) in [4.78, 5) is 27.1. The van der Waals surface area contributed by atoms with Gasteiger partial charge in [-0.05, 0) is 17.9 Å². The lowest BCUT2D eigenvalue weighted by Gasteiger charge is -2.41. The van der Waals surface area contributed by atoms with Gasteiger partial charge in [-0.3, -0.25) is 9.59 Å². The Hall–Kier alpha value is -1.84. The second kappa shape index (κ2) is 6.74. The molecular weight excluding hydrogens is 264 g/mol. The number of nitrogens with zero attached hydrogens (tertiary/aromatic N) is 1. The third-order valence-corrected chi connectivity index (χ3v) is 4.20. The number of piperazine rings is 1. The first-order chi connectivity index (χ1) is 10.1. The topological polar surface area (TPSA) is 49.4 Å². The summed E-state index contributed by atoms with van der Waals surface area (Å²) in [5.74, 6) is 0.136. The van der Waals surface area contributed by atoms with E-state index in [4.69, 9.17) is 0 Å². The van der Waals surface area contributed by atoms with Gasteiger partial charge < -0.3 is 10.2 Å². The van der Waals surface area contributed by atoms with Crippen LogP contribution < -0.4 is 5.32 Å². The van der Waals surface area contributed by atoms with Crippen LogP contribution >= 0.6 is 0 Å². The second-order valence-electron chi connectivity index (χ2n) is 5.71. The molecule has 1 heterocycles. The summed E-state index contributed by atoms with van der Waals surface area (Å²) in [6, 6.07) is 8.56. The predicted octanol–water partition coefficient (Wildman–Crippen LogP) is 2.51. The molecule has 4 nitrogen and oxygen atoms in total. The number of hydrogen-bond acceptors (Lipinski definition) is 2. The normalized spacial score (nSPS) is 23.9.